The van der Waals surface area contributed by atoms with E-state index in [0.29, 0.717) is 12.3 Å². The molecule has 0 saturated carbocycles. The first-order chi connectivity index (χ1) is 10.7. The van der Waals surface area contributed by atoms with Crippen molar-refractivity contribution >= 4 is 17.3 Å². The van der Waals surface area contributed by atoms with Crippen LogP contribution in [0.15, 0.2) is 34.7 Å². The molecule has 0 bridgehead atoms. The minimum Gasteiger partial charge on any atom is -0.462 e. The van der Waals surface area contributed by atoms with E-state index in [0.717, 1.165) is 36.5 Å². The van der Waals surface area contributed by atoms with Crippen molar-refractivity contribution < 1.29 is 14.3 Å². The number of nitrogens with zero attached hydrogens (tertiary/aromatic N) is 1. The van der Waals surface area contributed by atoms with Crippen LogP contribution in [0, 0.1) is 0 Å². The fourth-order valence-corrected chi connectivity index (χ4v) is 2.83. The Kier molecular flexibility index (Phi) is 4.15. The van der Waals surface area contributed by atoms with Gasteiger partial charge in [-0.25, -0.2) is 0 Å². The zero-order valence-corrected chi connectivity index (χ0v) is 12.6. The minimum absolute atomic E-state index is 0.0836. The van der Waals surface area contributed by atoms with Crippen molar-refractivity contribution in [2.24, 2.45) is 0 Å². The van der Waals surface area contributed by atoms with Gasteiger partial charge in [-0.3, -0.25) is 4.79 Å². The molecule has 0 aliphatic carbocycles. The third-order valence-electron chi connectivity index (χ3n) is 3.92. The number of nitrogens with one attached hydrogen (secondary N) is 1. The summed E-state index contributed by atoms with van der Waals surface area (Å²) in [6.07, 6.45) is 1.98. The predicted octanol–water partition coefficient (Wildman–Crippen LogP) is 2.68. The molecule has 22 heavy (non-hydrogen) atoms. The van der Waals surface area contributed by atoms with Gasteiger partial charge in [-0.05, 0) is 48.7 Å². The van der Waals surface area contributed by atoms with Gasteiger partial charge in [0.25, 0.3) is 0 Å². The second-order valence-corrected chi connectivity index (χ2v) is 5.50. The number of anilines is 2. The number of furan rings is 1. The SMILES string of the molecule is CC(=O)N1CCCc2cc(NCc3ccc(CO)o3)ccc21. The molecule has 116 valence electrons. The molecule has 2 N–H and O–H groups in total. The minimum atomic E-state index is -0.0836. The molecule has 0 atom stereocenters. The van der Waals surface area contributed by atoms with Crippen LogP contribution in [0.1, 0.15) is 30.4 Å². The number of rotatable bonds is 4. The highest BCUT2D eigenvalue weighted by Gasteiger charge is 2.19. The summed E-state index contributed by atoms with van der Waals surface area (Å²) in [7, 11) is 0. The molecule has 1 aromatic heterocycles. The molecule has 2 heterocycles. The largest absolute Gasteiger partial charge is 0.462 e. The number of benzene rings is 1. The summed E-state index contributed by atoms with van der Waals surface area (Å²) < 4.78 is 5.45. The van der Waals surface area contributed by atoms with E-state index in [1.54, 1.807) is 13.0 Å². The van der Waals surface area contributed by atoms with Gasteiger partial charge in [0.05, 0.1) is 6.54 Å². The molecule has 1 aliphatic rings. The molecular formula is C17H20N2O3. The monoisotopic (exact) mass is 300 g/mol. The summed E-state index contributed by atoms with van der Waals surface area (Å²) in [6, 6.07) is 9.71. The number of aliphatic hydroxyl groups excluding tert-OH is 1. The zero-order chi connectivity index (χ0) is 15.5. The Balaban J connectivity index is 1.72. The number of amides is 1. The zero-order valence-electron chi connectivity index (χ0n) is 12.6. The van der Waals surface area contributed by atoms with E-state index in [1.165, 1.54) is 5.56 Å². The Morgan fingerprint density at radius 3 is 2.86 bits per heavy atom. The molecule has 5 heteroatoms. The maximum absolute atomic E-state index is 11.7. The van der Waals surface area contributed by atoms with Gasteiger partial charge in [0.15, 0.2) is 0 Å². The van der Waals surface area contributed by atoms with E-state index < -0.39 is 0 Å². The van der Waals surface area contributed by atoms with Crippen LogP contribution in [0.2, 0.25) is 0 Å². The molecule has 0 spiro atoms. The van der Waals surface area contributed by atoms with Gasteiger partial charge in [0.1, 0.15) is 18.1 Å². The molecule has 1 amide bonds. The summed E-state index contributed by atoms with van der Waals surface area (Å²) in [5.74, 6) is 1.44. The summed E-state index contributed by atoms with van der Waals surface area (Å²) in [5.41, 5.74) is 3.22. The third kappa shape index (κ3) is 2.99. The lowest BCUT2D eigenvalue weighted by Gasteiger charge is -2.29. The maximum Gasteiger partial charge on any atom is 0.223 e. The van der Waals surface area contributed by atoms with Crippen molar-refractivity contribution in [3.8, 4) is 0 Å². The van der Waals surface area contributed by atoms with Gasteiger partial charge < -0.3 is 19.7 Å². The van der Waals surface area contributed by atoms with Gasteiger partial charge in [0.2, 0.25) is 5.91 Å². The van der Waals surface area contributed by atoms with E-state index in [4.69, 9.17) is 9.52 Å². The molecule has 2 aromatic rings. The lowest BCUT2D eigenvalue weighted by molar-refractivity contribution is -0.116. The Morgan fingerprint density at radius 2 is 2.14 bits per heavy atom. The number of hydrogen-bond acceptors (Lipinski definition) is 4. The Hall–Kier alpha value is -2.27. The Bertz CT molecular complexity index is 678. The van der Waals surface area contributed by atoms with Crippen LogP contribution in [-0.2, 0) is 24.4 Å². The topological polar surface area (TPSA) is 65.7 Å². The number of fused-ring (bicyclic) bond motifs is 1. The molecule has 5 nitrogen and oxygen atoms in total. The average molecular weight is 300 g/mol. The van der Waals surface area contributed by atoms with Crippen LogP contribution in [-0.4, -0.2) is 17.6 Å². The summed E-state index contributed by atoms with van der Waals surface area (Å²) in [6.45, 7) is 2.89. The van der Waals surface area contributed by atoms with Crippen molar-refractivity contribution in [1.29, 1.82) is 0 Å². The van der Waals surface area contributed by atoms with Crippen molar-refractivity contribution in [3.05, 3.63) is 47.4 Å². The second kappa shape index (κ2) is 6.23. The van der Waals surface area contributed by atoms with Crippen LogP contribution < -0.4 is 10.2 Å². The molecule has 0 unspecified atom stereocenters. The second-order valence-electron chi connectivity index (χ2n) is 5.50. The van der Waals surface area contributed by atoms with Gasteiger partial charge in [-0.2, -0.15) is 0 Å². The smallest absolute Gasteiger partial charge is 0.223 e. The van der Waals surface area contributed by atoms with Crippen LogP contribution in [0.25, 0.3) is 0 Å². The van der Waals surface area contributed by atoms with Gasteiger partial charge in [-0.15, -0.1) is 0 Å². The van der Waals surface area contributed by atoms with Crippen molar-refractivity contribution in [2.45, 2.75) is 32.9 Å². The molecule has 1 aliphatic heterocycles. The van der Waals surface area contributed by atoms with Crippen LogP contribution >= 0.6 is 0 Å². The average Bonchev–Trinajstić information content (AvgIpc) is 3.00. The quantitative estimate of drug-likeness (QED) is 0.911. The first kappa shape index (κ1) is 14.7. The first-order valence-corrected chi connectivity index (χ1v) is 7.50. The number of aryl methyl sites for hydroxylation is 1. The van der Waals surface area contributed by atoms with Crippen LogP contribution in [0.5, 0.6) is 0 Å². The number of aliphatic hydroxyl groups is 1. The Morgan fingerprint density at radius 1 is 1.32 bits per heavy atom. The summed E-state index contributed by atoms with van der Waals surface area (Å²) >= 11 is 0. The van der Waals surface area contributed by atoms with Crippen molar-refractivity contribution in [2.75, 3.05) is 16.8 Å². The van der Waals surface area contributed by atoms with E-state index in [2.05, 4.69) is 11.4 Å². The highest BCUT2D eigenvalue weighted by Crippen LogP contribution is 2.30. The van der Waals surface area contributed by atoms with E-state index in [1.807, 2.05) is 23.1 Å². The first-order valence-electron chi connectivity index (χ1n) is 7.50. The van der Waals surface area contributed by atoms with Gasteiger partial charge in [-0.1, -0.05) is 0 Å². The maximum atomic E-state index is 11.7. The number of carbonyl (C=O) groups excluding carboxylic acids is 1. The van der Waals surface area contributed by atoms with Crippen LogP contribution in [0.4, 0.5) is 11.4 Å². The fourth-order valence-electron chi connectivity index (χ4n) is 2.83. The molecule has 1 aromatic carbocycles. The molecule has 3 rings (SSSR count). The summed E-state index contributed by atoms with van der Waals surface area (Å²) in [4.78, 5) is 13.5. The highest BCUT2D eigenvalue weighted by molar-refractivity contribution is 5.93. The third-order valence-corrected chi connectivity index (χ3v) is 3.92. The van der Waals surface area contributed by atoms with Crippen LogP contribution in [0.3, 0.4) is 0 Å². The molecular weight excluding hydrogens is 280 g/mol. The highest BCUT2D eigenvalue weighted by atomic mass is 16.4. The standard InChI is InChI=1S/C17H20N2O3/c1-12(21)19-8-2-3-13-9-14(4-7-17(13)19)18-10-15-5-6-16(11-20)22-15/h4-7,9,18,20H,2-3,8,10-11H2,1H3. The summed E-state index contributed by atoms with van der Waals surface area (Å²) in [5, 5.41) is 12.3. The molecule has 0 radical (unpaired) electrons. The number of carbonyl (C=O) groups is 1. The predicted molar refractivity (Wildman–Crippen MR) is 84.7 cm³/mol. The lowest BCUT2D eigenvalue weighted by Crippen LogP contribution is -2.33. The van der Waals surface area contributed by atoms with Crippen molar-refractivity contribution in [3.63, 3.8) is 0 Å². The number of hydrogen-bond donors (Lipinski definition) is 2. The molecule has 0 saturated heterocycles. The lowest BCUT2D eigenvalue weighted by atomic mass is 10.0. The van der Waals surface area contributed by atoms with E-state index >= 15 is 0 Å². The van der Waals surface area contributed by atoms with E-state index in [-0.39, 0.29) is 12.5 Å². The van der Waals surface area contributed by atoms with Crippen molar-refractivity contribution in [1.82, 2.24) is 0 Å². The fraction of sp³-hybridized carbons (Fsp3) is 0.353. The Labute approximate surface area is 129 Å². The van der Waals surface area contributed by atoms with Gasteiger partial charge >= 0.3 is 0 Å². The van der Waals surface area contributed by atoms with E-state index in [9.17, 15) is 4.79 Å². The normalized spacial score (nSPS) is 13.8. The molecule has 0 fully saturated rings. The van der Waals surface area contributed by atoms with Gasteiger partial charge in [0, 0.05) is 24.8 Å².